The Morgan fingerprint density at radius 3 is 2.52 bits per heavy atom. The second-order valence-electron chi connectivity index (χ2n) is 4.59. The lowest BCUT2D eigenvalue weighted by molar-refractivity contribution is -0.138. The van der Waals surface area contributed by atoms with Gasteiger partial charge in [-0.05, 0) is 32.0 Å². The van der Waals surface area contributed by atoms with Gasteiger partial charge in [0.2, 0.25) is 0 Å². The molecule has 21 heavy (non-hydrogen) atoms. The topological polar surface area (TPSA) is 29.5 Å². The Labute approximate surface area is 130 Å². The summed E-state index contributed by atoms with van der Waals surface area (Å²) in [6, 6.07) is 3.27. The van der Waals surface area contributed by atoms with E-state index in [1.165, 1.54) is 24.1 Å². The van der Waals surface area contributed by atoms with Crippen molar-refractivity contribution in [3.63, 3.8) is 0 Å². The van der Waals surface area contributed by atoms with E-state index in [9.17, 15) is 18.0 Å². The Balaban J connectivity index is 3.12. The molecule has 0 aromatic heterocycles. The third-order valence-corrected chi connectivity index (χ3v) is 3.75. The lowest BCUT2D eigenvalue weighted by Crippen LogP contribution is -2.41. The van der Waals surface area contributed by atoms with Gasteiger partial charge in [-0.1, -0.05) is 15.9 Å². The number of hydrogen-bond donors (Lipinski definition) is 0. The van der Waals surface area contributed by atoms with Crippen LogP contribution in [0.15, 0.2) is 22.7 Å². The maximum Gasteiger partial charge on any atom is 0.417 e. The highest BCUT2D eigenvalue weighted by atomic mass is 79.9. The molecule has 0 aliphatic rings. The minimum atomic E-state index is -4.51. The fraction of sp³-hybridized carbons (Fsp3) is 0.500. The highest BCUT2D eigenvalue weighted by Crippen LogP contribution is 2.35. The molecule has 0 saturated heterocycles. The molecular weight excluding hydrogens is 351 g/mol. The molecule has 1 amide bonds. The molecular formula is C14H17BrF3NO2. The summed E-state index contributed by atoms with van der Waals surface area (Å²) in [7, 11) is 1.51. The van der Waals surface area contributed by atoms with Crippen LogP contribution in [0.25, 0.3) is 0 Å². The van der Waals surface area contributed by atoms with Crippen molar-refractivity contribution in [2.75, 3.05) is 20.3 Å². The summed E-state index contributed by atoms with van der Waals surface area (Å²) in [5.74, 6) is -0.444. The molecule has 0 N–H and O–H groups in total. The zero-order valence-corrected chi connectivity index (χ0v) is 13.6. The average Bonchev–Trinajstić information content (AvgIpc) is 2.38. The van der Waals surface area contributed by atoms with Gasteiger partial charge in [-0.15, -0.1) is 0 Å². The van der Waals surface area contributed by atoms with E-state index in [2.05, 4.69) is 15.9 Å². The first-order valence-corrected chi connectivity index (χ1v) is 7.18. The molecule has 0 fully saturated rings. The Kier molecular flexibility index (Phi) is 6.22. The number of benzene rings is 1. The maximum atomic E-state index is 12.9. The molecule has 118 valence electrons. The fourth-order valence-electron chi connectivity index (χ4n) is 2.03. The van der Waals surface area contributed by atoms with Crippen molar-refractivity contribution < 1.29 is 22.7 Å². The second kappa shape index (κ2) is 7.26. The van der Waals surface area contributed by atoms with E-state index in [1.54, 1.807) is 13.8 Å². The number of amides is 1. The molecule has 0 saturated carbocycles. The largest absolute Gasteiger partial charge is 0.417 e. The Hall–Kier alpha value is -1.08. The Bertz CT molecular complexity index is 505. The van der Waals surface area contributed by atoms with Crippen LogP contribution in [0, 0.1) is 0 Å². The van der Waals surface area contributed by atoms with Crippen LogP contribution in [0.5, 0.6) is 0 Å². The van der Waals surface area contributed by atoms with Crippen molar-refractivity contribution in [3.05, 3.63) is 33.8 Å². The van der Waals surface area contributed by atoms with Crippen molar-refractivity contribution in [3.8, 4) is 0 Å². The monoisotopic (exact) mass is 367 g/mol. The molecule has 0 bridgehead atoms. The van der Waals surface area contributed by atoms with E-state index in [1.807, 2.05) is 0 Å². The van der Waals surface area contributed by atoms with Crippen molar-refractivity contribution in [2.45, 2.75) is 26.1 Å². The zero-order valence-electron chi connectivity index (χ0n) is 12.0. The van der Waals surface area contributed by atoms with Crippen LogP contribution in [0.1, 0.15) is 29.8 Å². The molecule has 0 aliphatic heterocycles. The Morgan fingerprint density at radius 1 is 1.43 bits per heavy atom. The first kappa shape index (κ1) is 18.0. The molecule has 1 unspecified atom stereocenters. The van der Waals surface area contributed by atoms with Crippen LogP contribution in [-0.2, 0) is 10.9 Å². The SMILES string of the molecule is CCN(C(=O)c1ccc(Br)c(C(F)(F)F)c1)C(C)COC. The van der Waals surface area contributed by atoms with Gasteiger partial charge in [0.1, 0.15) is 0 Å². The molecule has 7 heteroatoms. The number of halogens is 4. The lowest BCUT2D eigenvalue weighted by atomic mass is 10.1. The van der Waals surface area contributed by atoms with Gasteiger partial charge in [0.15, 0.2) is 0 Å². The molecule has 0 heterocycles. The number of likely N-dealkylation sites (N-methyl/N-ethyl adjacent to an activating group) is 1. The summed E-state index contributed by atoms with van der Waals surface area (Å²) < 4.78 is 43.5. The molecule has 0 radical (unpaired) electrons. The predicted octanol–water partition coefficient (Wildman–Crippen LogP) is 3.96. The highest BCUT2D eigenvalue weighted by Gasteiger charge is 2.34. The quantitative estimate of drug-likeness (QED) is 0.787. The third kappa shape index (κ3) is 4.44. The number of ether oxygens (including phenoxy) is 1. The number of carbonyl (C=O) groups is 1. The van der Waals surface area contributed by atoms with Gasteiger partial charge in [-0.2, -0.15) is 13.2 Å². The molecule has 1 aromatic carbocycles. The van der Waals surface area contributed by atoms with Crippen molar-refractivity contribution in [2.24, 2.45) is 0 Å². The first-order chi connectivity index (χ1) is 9.72. The van der Waals surface area contributed by atoms with E-state index in [4.69, 9.17) is 4.74 Å². The normalized spacial score (nSPS) is 13.1. The molecule has 1 rings (SSSR count). The smallest absolute Gasteiger partial charge is 0.383 e. The van der Waals surface area contributed by atoms with Crippen molar-refractivity contribution in [1.82, 2.24) is 4.90 Å². The fourth-order valence-corrected chi connectivity index (χ4v) is 2.50. The first-order valence-electron chi connectivity index (χ1n) is 6.39. The average molecular weight is 368 g/mol. The van der Waals surface area contributed by atoms with Crippen LogP contribution >= 0.6 is 15.9 Å². The van der Waals surface area contributed by atoms with Gasteiger partial charge < -0.3 is 9.64 Å². The van der Waals surface area contributed by atoms with Gasteiger partial charge in [-0.3, -0.25) is 4.79 Å². The van der Waals surface area contributed by atoms with Crippen LogP contribution < -0.4 is 0 Å². The number of methoxy groups -OCH3 is 1. The van der Waals surface area contributed by atoms with E-state index >= 15 is 0 Å². The van der Waals surface area contributed by atoms with Gasteiger partial charge in [0, 0.05) is 23.7 Å². The number of carbonyl (C=O) groups excluding carboxylic acids is 1. The molecule has 0 aliphatic carbocycles. The van der Waals surface area contributed by atoms with Crippen LogP contribution in [-0.4, -0.2) is 37.1 Å². The third-order valence-electron chi connectivity index (χ3n) is 3.06. The standard InChI is InChI=1S/C14H17BrF3NO2/c1-4-19(9(2)8-21-3)13(20)10-5-6-12(15)11(7-10)14(16,17)18/h5-7,9H,4,8H2,1-3H3. The summed E-state index contributed by atoms with van der Waals surface area (Å²) in [6.45, 7) is 4.27. The minimum Gasteiger partial charge on any atom is -0.383 e. The number of alkyl halides is 3. The van der Waals surface area contributed by atoms with Crippen molar-refractivity contribution in [1.29, 1.82) is 0 Å². The Morgan fingerprint density at radius 2 is 2.05 bits per heavy atom. The number of hydrogen-bond acceptors (Lipinski definition) is 2. The highest BCUT2D eigenvalue weighted by molar-refractivity contribution is 9.10. The van der Waals surface area contributed by atoms with Crippen LogP contribution in [0.2, 0.25) is 0 Å². The summed E-state index contributed by atoms with van der Waals surface area (Å²) in [6.07, 6.45) is -4.51. The van der Waals surface area contributed by atoms with Crippen molar-refractivity contribution >= 4 is 21.8 Å². The molecule has 1 atom stereocenters. The lowest BCUT2D eigenvalue weighted by Gasteiger charge is -2.28. The van der Waals surface area contributed by atoms with E-state index in [0.717, 1.165) is 6.07 Å². The summed E-state index contributed by atoms with van der Waals surface area (Å²) in [5, 5.41) is 0. The summed E-state index contributed by atoms with van der Waals surface area (Å²) in [5.41, 5.74) is -0.848. The van der Waals surface area contributed by atoms with Crippen LogP contribution in [0.3, 0.4) is 0 Å². The van der Waals surface area contributed by atoms with E-state index in [-0.39, 0.29) is 16.1 Å². The van der Waals surface area contributed by atoms with Gasteiger partial charge in [0.25, 0.3) is 5.91 Å². The molecule has 1 aromatic rings. The number of nitrogens with zero attached hydrogens (tertiary/aromatic N) is 1. The van der Waals surface area contributed by atoms with Gasteiger partial charge in [0.05, 0.1) is 18.2 Å². The second-order valence-corrected chi connectivity index (χ2v) is 5.44. The summed E-state index contributed by atoms with van der Waals surface area (Å²) >= 11 is 2.86. The predicted molar refractivity (Wildman–Crippen MR) is 77.2 cm³/mol. The molecule has 3 nitrogen and oxygen atoms in total. The molecule has 0 spiro atoms. The van der Waals surface area contributed by atoms with E-state index in [0.29, 0.717) is 13.2 Å². The van der Waals surface area contributed by atoms with E-state index < -0.39 is 17.6 Å². The number of rotatable bonds is 5. The van der Waals surface area contributed by atoms with Crippen LogP contribution in [0.4, 0.5) is 13.2 Å². The minimum absolute atomic E-state index is 0.00956. The van der Waals surface area contributed by atoms with Gasteiger partial charge in [-0.25, -0.2) is 0 Å². The summed E-state index contributed by atoms with van der Waals surface area (Å²) in [4.78, 5) is 13.8. The maximum absolute atomic E-state index is 12.9. The van der Waals surface area contributed by atoms with Gasteiger partial charge >= 0.3 is 6.18 Å². The zero-order chi connectivity index (χ0) is 16.2.